The molecule has 23 nitrogen and oxygen atoms in total. The molecule has 1 rings (SSSR count). The molecule has 0 aromatic heterocycles. The molecule has 0 aromatic carbocycles. The number of aliphatic hydroxyl groups excluding tert-OH is 2. The van der Waals surface area contributed by atoms with Crippen LogP contribution < -0.4 is 0 Å². The predicted molar refractivity (Wildman–Crippen MR) is 255 cm³/mol. The van der Waals surface area contributed by atoms with Crippen molar-refractivity contribution in [1.82, 2.24) is 0 Å². The first kappa shape index (κ1) is 67.0. The second-order valence-electron chi connectivity index (χ2n) is 18.0. The third kappa shape index (κ3) is 34.5. The van der Waals surface area contributed by atoms with Gasteiger partial charge in [0, 0.05) is 19.3 Å². The van der Waals surface area contributed by atoms with E-state index in [-0.39, 0.29) is 13.0 Å². The summed E-state index contributed by atoms with van der Waals surface area (Å²) in [5, 5.41) is 21.8. The normalized spacial score (nSPS) is 21.3. The van der Waals surface area contributed by atoms with E-state index >= 15 is 0 Å². The molecule has 1 saturated carbocycles. The van der Waals surface area contributed by atoms with Gasteiger partial charge in [0.15, 0.2) is 0 Å². The number of carbonyl (C=O) groups is 3. The molecule has 0 spiro atoms. The van der Waals surface area contributed by atoms with Crippen LogP contribution in [0.2, 0.25) is 0 Å². The highest BCUT2D eigenvalue weighted by atomic mass is 31.2. The fourth-order valence-electron chi connectivity index (χ4n) is 7.99. The van der Waals surface area contributed by atoms with Gasteiger partial charge in [0.1, 0.15) is 48.5 Å². The smallest absolute Gasteiger partial charge is 0.466 e. The fourth-order valence-corrected chi connectivity index (χ4v) is 10.6. The number of phosphoric ester groups is 4. The van der Waals surface area contributed by atoms with E-state index in [4.69, 9.17) is 18.5 Å². The van der Waals surface area contributed by atoms with Gasteiger partial charge in [-0.25, -0.2) is 18.3 Å². The van der Waals surface area contributed by atoms with E-state index in [1.807, 2.05) is 6.92 Å². The highest BCUT2D eigenvalue weighted by molar-refractivity contribution is 7.47. The molecule has 0 saturated heterocycles. The third-order valence-corrected chi connectivity index (χ3v) is 14.1. The molecule has 1 aliphatic rings. The Morgan fingerprint density at radius 3 is 1.24 bits per heavy atom. The number of phosphoric acid groups is 4. The van der Waals surface area contributed by atoms with Gasteiger partial charge < -0.3 is 53.9 Å². The lowest BCUT2D eigenvalue weighted by Crippen LogP contribution is -2.65. The standard InChI is InChI=1S/C43H84O23P4/c1-3-5-6-7-8-9-10-11-14-17-20-23-26-30-36(45)62-35(32-37(46)60-31-27-24-21-18-15-12-13-16-19-22-25-29-34(44)28-4-2)33-61-70(58,59)66-40-38(47)41(63-67(49,50)51)43(65-69(55,56)57)42(39(40)48)64-68(52,53)54/h35,38-43,47-48H,3-33H2,1-2H3,(H,58,59)(H2,49,50,51)(H2,52,53,54)(H2,55,56,57)/t35-,38-,39?,40?,41-,42+,43?/m1/s1. The van der Waals surface area contributed by atoms with E-state index in [9.17, 15) is 77.1 Å². The van der Waals surface area contributed by atoms with Gasteiger partial charge in [-0.15, -0.1) is 0 Å². The molecule has 70 heavy (non-hydrogen) atoms. The summed E-state index contributed by atoms with van der Waals surface area (Å²) >= 11 is 0. The lowest BCUT2D eigenvalue weighted by Gasteiger charge is -2.45. The monoisotopic (exact) mass is 1090 g/mol. The molecule has 1 fully saturated rings. The molecule has 0 heterocycles. The SMILES string of the molecule is CCCCCCCCCCCCCCCC(=O)O[C@@H](COP(=O)(O)OC1C(O)[C@H](OP(=O)(O)O)C(OP(=O)(O)O)[C@H](OP(=O)(O)O)[C@@H]1O)CC(=O)OCCCCCCCCCCCCCC(=O)CCC. The first-order chi connectivity index (χ1) is 32.9. The number of hydrogen-bond donors (Lipinski definition) is 9. The lowest BCUT2D eigenvalue weighted by molar-refractivity contribution is -0.209. The molecule has 4 unspecified atom stereocenters. The van der Waals surface area contributed by atoms with E-state index in [0.717, 1.165) is 96.3 Å². The largest absolute Gasteiger partial charge is 0.472 e. The van der Waals surface area contributed by atoms with Gasteiger partial charge in [-0.3, -0.25) is 37.0 Å². The summed E-state index contributed by atoms with van der Waals surface area (Å²) < 4.78 is 82.1. The number of aliphatic hydroxyl groups is 2. The van der Waals surface area contributed by atoms with Gasteiger partial charge in [0.25, 0.3) is 0 Å². The minimum atomic E-state index is -5.80. The maximum atomic E-state index is 13.3. The molecule has 1 aliphatic carbocycles. The van der Waals surface area contributed by atoms with Crippen molar-refractivity contribution in [2.24, 2.45) is 0 Å². The molecule has 0 aliphatic heterocycles. The maximum Gasteiger partial charge on any atom is 0.472 e. The van der Waals surface area contributed by atoms with Crippen LogP contribution in [-0.2, 0) is 64.7 Å². The van der Waals surface area contributed by atoms with Crippen LogP contribution in [0.5, 0.6) is 0 Å². The zero-order chi connectivity index (χ0) is 52.6. The molecular weight excluding hydrogens is 1010 g/mol. The molecule has 414 valence electrons. The highest BCUT2D eigenvalue weighted by Gasteiger charge is 2.59. The van der Waals surface area contributed by atoms with Crippen LogP contribution in [0.15, 0.2) is 0 Å². The van der Waals surface area contributed by atoms with Crippen molar-refractivity contribution in [3.63, 3.8) is 0 Å². The van der Waals surface area contributed by atoms with E-state index in [1.165, 1.54) is 44.9 Å². The van der Waals surface area contributed by atoms with Gasteiger partial charge in [-0.05, 0) is 25.7 Å². The van der Waals surface area contributed by atoms with E-state index in [1.54, 1.807) is 0 Å². The average Bonchev–Trinajstić information content (AvgIpc) is 3.25. The second kappa shape index (κ2) is 36.8. The second-order valence-corrected chi connectivity index (χ2v) is 22.9. The number of hydrogen-bond acceptors (Lipinski definition) is 16. The number of esters is 2. The Morgan fingerprint density at radius 2 is 0.829 bits per heavy atom. The molecule has 0 amide bonds. The van der Waals surface area contributed by atoms with Gasteiger partial charge in [-0.2, -0.15) is 0 Å². The van der Waals surface area contributed by atoms with Crippen LogP contribution in [0.25, 0.3) is 0 Å². The molecule has 0 radical (unpaired) electrons. The lowest BCUT2D eigenvalue weighted by atomic mass is 9.85. The number of ketones is 1. The Bertz CT molecular complexity index is 1600. The number of ether oxygens (including phenoxy) is 2. The topological polar surface area (TPSA) is 366 Å². The quantitative estimate of drug-likeness (QED) is 0.0158. The predicted octanol–water partition coefficient (Wildman–Crippen LogP) is 8.03. The number of unbranched alkanes of at least 4 members (excludes halogenated alkanes) is 22. The number of Topliss-reactive ketones (excluding diaryl/α,β-unsaturated/α-hetero) is 1. The summed E-state index contributed by atoms with van der Waals surface area (Å²) in [6.45, 7) is 3.18. The first-order valence-corrected chi connectivity index (χ1v) is 31.1. The van der Waals surface area contributed by atoms with Crippen molar-refractivity contribution >= 4 is 49.0 Å². The fraction of sp³-hybridized carbons (Fsp3) is 0.930. The maximum absolute atomic E-state index is 13.3. The molecular formula is C43H84O23P4. The molecule has 8 atom stereocenters. The van der Waals surface area contributed by atoms with Gasteiger partial charge in [0.05, 0.1) is 19.6 Å². The Kier molecular flexibility index (Phi) is 35.2. The summed E-state index contributed by atoms with van der Waals surface area (Å²) in [7, 11) is -23.0. The average molecular weight is 1090 g/mol. The van der Waals surface area contributed by atoms with Crippen molar-refractivity contribution in [3.05, 3.63) is 0 Å². The highest BCUT2D eigenvalue weighted by Crippen LogP contribution is 2.53. The van der Waals surface area contributed by atoms with E-state index in [2.05, 4.69) is 20.5 Å². The van der Waals surface area contributed by atoms with Crippen molar-refractivity contribution in [3.8, 4) is 0 Å². The van der Waals surface area contributed by atoms with Crippen LogP contribution in [0, 0.1) is 0 Å². The summed E-state index contributed by atoms with van der Waals surface area (Å²) in [6.07, 6.45) is 8.03. The zero-order valence-corrected chi connectivity index (χ0v) is 44.6. The zero-order valence-electron chi connectivity index (χ0n) is 41.0. The van der Waals surface area contributed by atoms with Gasteiger partial charge in [-0.1, -0.05) is 149 Å². The molecule has 0 bridgehead atoms. The van der Waals surface area contributed by atoms with Crippen molar-refractivity contribution in [2.45, 2.75) is 243 Å². The van der Waals surface area contributed by atoms with E-state index in [0.29, 0.717) is 37.9 Å². The van der Waals surface area contributed by atoms with Gasteiger partial charge >= 0.3 is 43.2 Å². The summed E-state index contributed by atoms with van der Waals surface area (Å²) in [5.41, 5.74) is 0. The minimum absolute atomic E-state index is 0.0293. The van der Waals surface area contributed by atoms with Crippen LogP contribution >= 0.6 is 31.3 Å². The van der Waals surface area contributed by atoms with Crippen molar-refractivity contribution in [1.29, 1.82) is 0 Å². The van der Waals surface area contributed by atoms with Crippen molar-refractivity contribution < 1.29 is 109 Å². The Morgan fingerprint density at radius 1 is 0.443 bits per heavy atom. The number of rotatable bonds is 44. The third-order valence-electron chi connectivity index (χ3n) is 11.5. The van der Waals surface area contributed by atoms with Crippen LogP contribution in [0.4, 0.5) is 0 Å². The Labute approximate surface area is 413 Å². The Hall–Kier alpha value is -1.03. The first-order valence-electron chi connectivity index (χ1n) is 25.0. The molecule has 27 heteroatoms. The van der Waals surface area contributed by atoms with Gasteiger partial charge in [0.2, 0.25) is 0 Å². The van der Waals surface area contributed by atoms with Crippen molar-refractivity contribution in [2.75, 3.05) is 13.2 Å². The van der Waals surface area contributed by atoms with E-state index < -0.39 is 99.0 Å². The summed E-state index contributed by atoms with van der Waals surface area (Å²) in [4.78, 5) is 105. The van der Waals surface area contributed by atoms with Crippen LogP contribution in [-0.4, -0.2) is 118 Å². The summed E-state index contributed by atoms with van der Waals surface area (Å²) in [5.74, 6) is -1.29. The summed E-state index contributed by atoms with van der Waals surface area (Å²) in [6, 6.07) is 0. The molecule has 0 aromatic rings. The van der Waals surface area contributed by atoms with Crippen LogP contribution in [0.1, 0.15) is 200 Å². The number of carbonyl (C=O) groups excluding carboxylic acids is 3. The Balaban J connectivity index is 2.87. The van der Waals surface area contributed by atoms with Crippen LogP contribution in [0.3, 0.4) is 0 Å². The minimum Gasteiger partial charge on any atom is -0.466 e. The molecule has 9 N–H and O–H groups in total.